The molecule has 0 aliphatic carbocycles. The molecule has 0 amide bonds. The Balaban J connectivity index is 2.18. The topological polar surface area (TPSA) is 35.5 Å². The first-order chi connectivity index (χ1) is 6.22. The molecule has 1 aliphatic rings. The average Bonchev–Trinajstić information content (AvgIpc) is 2.15. The molecule has 1 fully saturated rings. The quantitative estimate of drug-likeness (QED) is 0.669. The highest BCUT2D eigenvalue weighted by Gasteiger charge is 2.17. The zero-order valence-electron chi connectivity index (χ0n) is 8.79. The molecule has 1 rings (SSSR count). The lowest BCUT2D eigenvalue weighted by atomic mass is 10.1. The molecule has 0 saturated carbocycles. The predicted molar refractivity (Wildman–Crippen MR) is 54.8 cm³/mol. The molecule has 3 nitrogen and oxygen atoms in total. The molecular weight excluding hydrogens is 164 g/mol. The van der Waals surface area contributed by atoms with E-state index in [1.807, 2.05) is 14.0 Å². The Morgan fingerprint density at radius 1 is 1.62 bits per heavy atom. The lowest BCUT2D eigenvalue weighted by Gasteiger charge is -2.32. The minimum atomic E-state index is -0.157. The standard InChI is InChI=1S/C10H22N2O/c1-9(13)5-7-12-6-3-4-10(8-12)11-2/h9-11,13H,3-8H2,1-2H3. The monoisotopic (exact) mass is 186 g/mol. The highest BCUT2D eigenvalue weighted by atomic mass is 16.3. The van der Waals surface area contributed by atoms with Crippen LogP contribution in [0.4, 0.5) is 0 Å². The Kier molecular flexibility index (Phi) is 4.70. The first-order valence-corrected chi connectivity index (χ1v) is 5.30. The molecule has 2 unspecified atom stereocenters. The maximum absolute atomic E-state index is 9.16. The van der Waals surface area contributed by atoms with E-state index in [1.165, 1.54) is 19.4 Å². The van der Waals surface area contributed by atoms with E-state index >= 15 is 0 Å². The summed E-state index contributed by atoms with van der Waals surface area (Å²) in [6.07, 6.45) is 3.32. The SMILES string of the molecule is CNC1CCCN(CCC(C)O)C1. The first kappa shape index (κ1) is 11.0. The maximum atomic E-state index is 9.16. The van der Waals surface area contributed by atoms with Gasteiger partial charge in [-0.05, 0) is 39.8 Å². The number of hydrogen-bond acceptors (Lipinski definition) is 3. The van der Waals surface area contributed by atoms with Crippen molar-refractivity contribution in [3.63, 3.8) is 0 Å². The van der Waals surface area contributed by atoms with Crippen LogP contribution in [0.1, 0.15) is 26.2 Å². The van der Waals surface area contributed by atoms with Gasteiger partial charge in [-0.15, -0.1) is 0 Å². The van der Waals surface area contributed by atoms with E-state index in [9.17, 15) is 0 Å². The summed E-state index contributed by atoms with van der Waals surface area (Å²) in [7, 11) is 2.03. The number of aliphatic hydroxyl groups excluding tert-OH is 1. The van der Waals surface area contributed by atoms with Crippen LogP contribution in [0.5, 0.6) is 0 Å². The molecule has 2 atom stereocenters. The van der Waals surface area contributed by atoms with Gasteiger partial charge < -0.3 is 15.3 Å². The fourth-order valence-electron chi connectivity index (χ4n) is 1.86. The lowest BCUT2D eigenvalue weighted by Crippen LogP contribution is -2.45. The molecule has 78 valence electrons. The zero-order valence-corrected chi connectivity index (χ0v) is 8.79. The number of aliphatic hydroxyl groups is 1. The Hall–Kier alpha value is -0.120. The van der Waals surface area contributed by atoms with Crippen LogP contribution in [0.25, 0.3) is 0 Å². The second-order valence-corrected chi connectivity index (χ2v) is 4.07. The Morgan fingerprint density at radius 3 is 3.00 bits per heavy atom. The normalized spacial score (nSPS) is 27.5. The van der Waals surface area contributed by atoms with Gasteiger partial charge in [0, 0.05) is 19.1 Å². The highest BCUT2D eigenvalue weighted by Crippen LogP contribution is 2.10. The number of likely N-dealkylation sites (N-methyl/N-ethyl adjacent to an activating group) is 1. The van der Waals surface area contributed by atoms with Gasteiger partial charge in [-0.25, -0.2) is 0 Å². The first-order valence-electron chi connectivity index (χ1n) is 5.30. The van der Waals surface area contributed by atoms with Gasteiger partial charge in [-0.2, -0.15) is 0 Å². The lowest BCUT2D eigenvalue weighted by molar-refractivity contribution is 0.137. The summed E-state index contributed by atoms with van der Waals surface area (Å²) in [5, 5.41) is 12.5. The van der Waals surface area contributed by atoms with Crippen molar-refractivity contribution in [3.8, 4) is 0 Å². The summed E-state index contributed by atoms with van der Waals surface area (Å²) in [5.74, 6) is 0. The molecule has 2 N–H and O–H groups in total. The zero-order chi connectivity index (χ0) is 9.68. The van der Waals surface area contributed by atoms with Gasteiger partial charge >= 0.3 is 0 Å². The molecule has 0 aromatic rings. The van der Waals surface area contributed by atoms with Crippen molar-refractivity contribution in [2.45, 2.75) is 38.3 Å². The molecule has 3 heteroatoms. The van der Waals surface area contributed by atoms with Gasteiger partial charge in [0.15, 0.2) is 0 Å². The van der Waals surface area contributed by atoms with E-state index in [0.29, 0.717) is 6.04 Å². The smallest absolute Gasteiger partial charge is 0.0524 e. The van der Waals surface area contributed by atoms with Crippen LogP contribution in [-0.4, -0.2) is 48.8 Å². The molecule has 1 heterocycles. The second-order valence-electron chi connectivity index (χ2n) is 4.07. The fraction of sp³-hybridized carbons (Fsp3) is 1.00. The Bertz CT molecular complexity index is 139. The van der Waals surface area contributed by atoms with Gasteiger partial charge in [0.25, 0.3) is 0 Å². The molecule has 1 aliphatic heterocycles. The fourth-order valence-corrected chi connectivity index (χ4v) is 1.86. The summed E-state index contributed by atoms with van der Waals surface area (Å²) < 4.78 is 0. The third-order valence-electron chi connectivity index (χ3n) is 2.78. The predicted octanol–water partition coefficient (Wildman–Crippen LogP) is 0.441. The van der Waals surface area contributed by atoms with E-state index in [0.717, 1.165) is 19.5 Å². The van der Waals surface area contributed by atoms with E-state index in [-0.39, 0.29) is 6.10 Å². The summed E-state index contributed by atoms with van der Waals surface area (Å²) in [6.45, 7) is 5.24. The van der Waals surface area contributed by atoms with E-state index in [2.05, 4.69) is 10.2 Å². The Labute approximate surface area is 81.1 Å². The number of hydrogen-bond donors (Lipinski definition) is 2. The molecular formula is C10H22N2O. The summed E-state index contributed by atoms with van der Waals surface area (Å²) in [4.78, 5) is 2.44. The maximum Gasteiger partial charge on any atom is 0.0524 e. The molecule has 0 aromatic heterocycles. The molecule has 0 spiro atoms. The van der Waals surface area contributed by atoms with Crippen molar-refractivity contribution in [2.24, 2.45) is 0 Å². The van der Waals surface area contributed by atoms with Crippen molar-refractivity contribution in [3.05, 3.63) is 0 Å². The highest BCUT2D eigenvalue weighted by molar-refractivity contribution is 4.76. The van der Waals surface area contributed by atoms with Crippen LogP contribution in [0.2, 0.25) is 0 Å². The van der Waals surface area contributed by atoms with Gasteiger partial charge in [0.1, 0.15) is 0 Å². The van der Waals surface area contributed by atoms with Gasteiger partial charge in [-0.1, -0.05) is 0 Å². The number of nitrogens with zero attached hydrogens (tertiary/aromatic N) is 1. The number of piperidine rings is 1. The van der Waals surface area contributed by atoms with Gasteiger partial charge in [0.05, 0.1) is 6.10 Å². The van der Waals surface area contributed by atoms with Crippen molar-refractivity contribution in [1.29, 1.82) is 0 Å². The number of rotatable bonds is 4. The van der Waals surface area contributed by atoms with Crippen LogP contribution in [-0.2, 0) is 0 Å². The molecule has 0 aromatic carbocycles. The van der Waals surface area contributed by atoms with Crippen LogP contribution in [0.15, 0.2) is 0 Å². The molecule has 0 bridgehead atoms. The molecule has 13 heavy (non-hydrogen) atoms. The third kappa shape index (κ3) is 4.07. The van der Waals surface area contributed by atoms with Crippen molar-refractivity contribution < 1.29 is 5.11 Å². The summed E-state index contributed by atoms with van der Waals surface area (Å²) in [6, 6.07) is 0.655. The van der Waals surface area contributed by atoms with Gasteiger partial charge in [0.2, 0.25) is 0 Å². The third-order valence-corrected chi connectivity index (χ3v) is 2.78. The number of likely N-dealkylation sites (tertiary alicyclic amines) is 1. The minimum Gasteiger partial charge on any atom is -0.393 e. The van der Waals surface area contributed by atoms with Crippen LogP contribution in [0.3, 0.4) is 0 Å². The van der Waals surface area contributed by atoms with Crippen molar-refractivity contribution in [2.75, 3.05) is 26.7 Å². The largest absolute Gasteiger partial charge is 0.393 e. The Morgan fingerprint density at radius 2 is 2.38 bits per heavy atom. The van der Waals surface area contributed by atoms with E-state index < -0.39 is 0 Å². The van der Waals surface area contributed by atoms with Crippen LogP contribution in [0, 0.1) is 0 Å². The minimum absolute atomic E-state index is 0.157. The van der Waals surface area contributed by atoms with Crippen molar-refractivity contribution >= 4 is 0 Å². The second kappa shape index (κ2) is 5.58. The summed E-state index contributed by atoms with van der Waals surface area (Å²) >= 11 is 0. The molecule has 0 radical (unpaired) electrons. The number of nitrogens with one attached hydrogen (secondary N) is 1. The van der Waals surface area contributed by atoms with Crippen molar-refractivity contribution in [1.82, 2.24) is 10.2 Å². The van der Waals surface area contributed by atoms with E-state index in [1.54, 1.807) is 0 Å². The van der Waals surface area contributed by atoms with Crippen LogP contribution >= 0.6 is 0 Å². The summed E-state index contributed by atoms with van der Waals surface area (Å²) in [5.41, 5.74) is 0. The molecule has 1 saturated heterocycles. The van der Waals surface area contributed by atoms with E-state index in [4.69, 9.17) is 5.11 Å². The van der Waals surface area contributed by atoms with Gasteiger partial charge in [-0.3, -0.25) is 0 Å². The van der Waals surface area contributed by atoms with Crippen LogP contribution < -0.4 is 5.32 Å². The average molecular weight is 186 g/mol.